The Morgan fingerprint density at radius 3 is 2.34 bits per heavy atom. The number of halogens is 1. The van der Waals surface area contributed by atoms with Gasteiger partial charge in [-0.3, -0.25) is 4.99 Å². The molecule has 0 saturated carbocycles. The van der Waals surface area contributed by atoms with Crippen LogP contribution in [0.3, 0.4) is 0 Å². The van der Waals surface area contributed by atoms with E-state index in [1.165, 1.54) is 16.7 Å². The van der Waals surface area contributed by atoms with Crippen LogP contribution in [-0.2, 0) is 34.0 Å². The van der Waals surface area contributed by atoms with Gasteiger partial charge in [0.2, 0.25) is 0 Å². The maximum absolute atomic E-state index is 5.96. The van der Waals surface area contributed by atoms with Crippen LogP contribution in [0.15, 0.2) is 59.6 Å². The van der Waals surface area contributed by atoms with Crippen LogP contribution in [0, 0.1) is 0 Å². The zero-order valence-corrected chi connectivity index (χ0v) is 21.1. The van der Waals surface area contributed by atoms with Crippen molar-refractivity contribution in [3.05, 3.63) is 71.3 Å². The van der Waals surface area contributed by atoms with Crippen molar-refractivity contribution in [3.63, 3.8) is 0 Å². The van der Waals surface area contributed by atoms with Gasteiger partial charge in [0.15, 0.2) is 5.96 Å². The molecule has 0 radical (unpaired) electrons. The molecular formula is C25H34IN3O3. The van der Waals surface area contributed by atoms with E-state index in [4.69, 9.17) is 14.2 Å². The highest BCUT2D eigenvalue weighted by Gasteiger charge is 2.32. The summed E-state index contributed by atoms with van der Waals surface area (Å²) in [6, 6.07) is 18.8. The van der Waals surface area contributed by atoms with Crippen LogP contribution >= 0.6 is 24.0 Å². The number of ether oxygens (including phenoxy) is 3. The summed E-state index contributed by atoms with van der Waals surface area (Å²) >= 11 is 0. The number of rotatable bonds is 7. The third-order valence-corrected chi connectivity index (χ3v) is 5.84. The Bertz CT molecular complexity index is 826. The Hall–Kier alpha value is -1.68. The monoisotopic (exact) mass is 551 g/mol. The molecule has 1 N–H and O–H groups in total. The van der Waals surface area contributed by atoms with Crippen LogP contribution in [0.4, 0.5) is 0 Å². The summed E-state index contributed by atoms with van der Waals surface area (Å²) in [5.41, 5.74) is 3.59. The standard InChI is InChI=1S/C25H33N3O3.HI/c1-26-25(28-13-15-31-24(17-28)23-8-5-14-30-23)27-16-20-9-11-22(12-10-20)19-29-18-21-6-3-2-4-7-21;/h2-4,6-7,9-12,23-24H,5,8,13-19H2,1H3,(H,26,27);1H. The van der Waals surface area contributed by atoms with Crippen LogP contribution in [0.25, 0.3) is 0 Å². The lowest BCUT2D eigenvalue weighted by atomic mass is 10.1. The molecule has 7 heteroatoms. The second-order valence-corrected chi connectivity index (χ2v) is 8.10. The first-order valence-corrected chi connectivity index (χ1v) is 11.2. The van der Waals surface area contributed by atoms with Gasteiger partial charge in [0, 0.05) is 33.3 Å². The molecule has 2 saturated heterocycles. The SMILES string of the molecule is CN=C(NCc1ccc(COCc2ccccc2)cc1)N1CCOC(C2CCCO2)C1.I. The Morgan fingerprint density at radius 2 is 1.66 bits per heavy atom. The van der Waals surface area contributed by atoms with E-state index in [0.717, 1.165) is 45.0 Å². The fourth-order valence-electron chi connectivity index (χ4n) is 4.12. The lowest BCUT2D eigenvalue weighted by Gasteiger charge is -2.37. The van der Waals surface area contributed by atoms with E-state index in [9.17, 15) is 0 Å². The van der Waals surface area contributed by atoms with Gasteiger partial charge in [-0.2, -0.15) is 0 Å². The van der Waals surface area contributed by atoms with E-state index in [2.05, 4.69) is 51.6 Å². The first kappa shape index (κ1) is 25.0. The van der Waals surface area contributed by atoms with Gasteiger partial charge in [-0.1, -0.05) is 54.6 Å². The normalized spacial score (nSPS) is 21.3. The molecular weight excluding hydrogens is 517 g/mol. The van der Waals surface area contributed by atoms with Gasteiger partial charge in [-0.25, -0.2) is 0 Å². The Morgan fingerprint density at radius 1 is 0.969 bits per heavy atom. The molecule has 174 valence electrons. The van der Waals surface area contributed by atoms with Crippen LogP contribution in [0.1, 0.15) is 29.5 Å². The average molecular weight is 551 g/mol. The molecule has 0 aromatic heterocycles. The number of morpholine rings is 1. The first-order chi connectivity index (χ1) is 15.3. The highest BCUT2D eigenvalue weighted by Crippen LogP contribution is 2.21. The molecule has 6 nitrogen and oxygen atoms in total. The number of aliphatic imine (C=N–C) groups is 1. The Balaban J connectivity index is 0.00000289. The zero-order valence-electron chi connectivity index (χ0n) is 18.7. The molecule has 2 aliphatic rings. The number of hydrogen-bond acceptors (Lipinski definition) is 4. The predicted molar refractivity (Wildman–Crippen MR) is 137 cm³/mol. The number of nitrogens with zero attached hydrogens (tertiary/aromatic N) is 2. The average Bonchev–Trinajstić information content (AvgIpc) is 3.37. The molecule has 2 aromatic carbocycles. The first-order valence-electron chi connectivity index (χ1n) is 11.2. The molecule has 2 fully saturated rings. The number of guanidine groups is 1. The van der Waals surface area contributed by atoms with E-state index >= 15 is 0 Å². The van der Waals surface area contributed by atoms with Gasteiger partial charge >= 0.3 is 0 Å². The van der Waals surface area contributed by atoms with Crippen molar-refractivity contribution in [1.29, 1.82) is 0 Å². The van der Waals surface area contributed by atoms with E-state index in [0.29, 0.717) is 19.8 Å². The molecule has 0 spiro atoms. The lowest BCUT2D eigenvalue weighted by Crippen LogP contribution is -2.53. The van der Waals surface area contributed by atoms with E-state index < -0.39 is 0 Å². The molecule has 32 heavy (non-hydrogen) atoms. The van der Waals surface area contributed by atoms with Gasteiger partial charge in [-0.05, 0) is 29.5 Å². The third-order valence-electron chi connectivity index (χ3n) is 5.84. The molecule has 2 unspecified atom stereocenters. The zero-order chi connectivity index (χ0) is 21.3. The minimum atomic E-state index is 0. The van der Waals surface area contributed by atoms with Gasteiger partial charge in [0.1, 0.15) is 6.10 Å². The van der Waals surface area contributed by atoms with Crippen molar-refractivity contribution in [2.75, 3.05) is 33.4 Å². The molecule has 0 amide bonds. The second-order valence-electron chi connectivity index (χ2n) is 8.10. The van der Waals surface area contributed by atoms with E-state index in [-0.39, 0.29) is 36.2 Å². The van der Waals surface area contributed by atoms with Crippen molar-refractivity contribution in [3.8, 4) is 0 Å². The van der Waals surface area contributed by atoms with Gasteiger partial charge < -0.3 is 24.4 Å². The predicted octanol–water partition coefficient (Wildman–Crippen LogP) is 3.98. The van der Waals surface area contributed by atoms with Crippen LogP contribution < -0.4 is 5.32 Å². The van der Waals surface area contributed by atoms with Crippen molar-refractivity contribution in [2.45, 2.75) is 44.8 Å². The summed E-state index contributed by atoms with van der Waals surface area (Å²) in [7, 11) is 1.84. The molecule has 0 aliphatic carbocycles. The fourth-order valence-corrected chi connectivity index (χ4v) is 4.12. The second kappa shape index (κ2) is 13.1. The molecule has 2 atom stereocenters. The lowest BCUT2D eigenvalue weighted by molar-refractivity contribution is -0.0817. The minimum absolute atomic E-state index is 0. The van der Waals surface area contributed by atoms with Crippen LogP contribution in [0.5, 0.6) is 0 Å². The number of benzene rings is 2. The molecule has 4 rings (SSSR count). The highest BCUT2D eigenvalue weighted by molar-refractivity contribution is 14.0. The maximum Gasteiger partial charge on any atom is 0.194 e. The topological polar surface area (TPSA) is 55.3 Å². The number of nitrogens with one attached hydrogen (secondary N) is 1. The minimum Gasteiger partial charge on any atom is -0.375 e. The van der Waals surface area contributed by atoms with Gasteiger partial charge in [-0.15, -0.1) is 24.0 Å². The summed E-state index contributed by atoms with van der Waals surface area (Å²) in [6.07, 6.45) is 2.57. The Kier molecular flexibility index (Phi) is 10.2. The van der Waals surface area contributed by atoms with E-state index in [1.54, 1.807) is 0 Å². The Labute approximate surface area is 208 Å². The summed E-state index contributed by atoms with van der Waals surface area (Å²) in [5, 5.41) is 3.50. The maximum atomic E-state index is 5.96. The summed E-state index contributed by atoms with van der Waals surface area (Å²) in [5.74, 6) is 0.918. The third kappa shape index (κ3) is 7.16. The van der Waals surface area contributed by atoms with Crippen LogP contribution in [0.2, 0.25) is 0 Å². The van der Waals surface area contributed by atoms with Gasteiger partial charge in [0.25, 0.3) is 0 Å². The van der Waals surface area contributed by atoms with E-state index in [1.807, 2.05) is 25.2 Å². The summed E-state index contributed by atoms with van der Waals surface area (Å²) in [6.45, 7) is 5.21. The van der Waals surface area contributed by atoms with Crippen molar-refractivity contribution in [2.24, 2.45) is 4.99 Å². The molecule has 2 aromatic rings. The quantitative estimate of drug-likeness (QED) is 0.321. The molecule has 0 bridgehead atoms. The summed E-state index contributed by atoms with van der Waals surface area (Å²) < 4.78 is 17.6. The van der Waals surface area contributed by atoms with Crippen molar-refractivity contribution >= 4 is 29.9 Å². The summed E-state index contributed by atoms with van der Waals surface area (Å²) in [4.78, 5) is 6.77. The smallest absolute Gasteiger partial charge is 0.194 e. The molecule has 2 aliphatic heterocycles. The largest absolute Gasteiger partial charge is 0.375 e. The van der Waals surface area contributed by atoms with Crippen LogP contribution in [-0.4, -0.2) is 56.4 Å². The van der Waals surface area contributed by atoms with Crippen molar-refractivity contribution in [1.82, 2.24) is 10.2 Å². The van der Waals surface area contributed by atoms with Crippen molar-refractivity contribution < 1.29 is 14.2 Å². The number of hydrogen-bond donors (Lipinski definition) is 1. The highest BCUT2D eigenvalue weighted by atomic mass is 127. The van der Waals surface area contributed by atoms with Gasteiger partial charge in [0.05, 0.1) is 25.9 Å². The molecule has 2 heterocycles. The fraction of sp³-hybridized carbons (Fsp3) is 0.480.